The van der Waals surface area contributed by atoms with Crippen molar-refractivity contribution in [1.82, 2.24) is 0 Å². The van der Waals surface area contributed by atoms with Crippen LogP contribution in [0.4, 0.5) is 0 Å². The van der Waals surface area contributed by atoms with Gasteiger partial charge < -0.3 is 9.03 Å². The van der Waals surface area contributed by atoms with E-state index in [1.807, 2.05) is 0 Å². The molecule has 0 unspecified atom stereocenters. The summed E-state index contributed by atoms with van der Waals surface area (Å²) in [5.41, 5.74) is 0. The number of unbranched alkanes of at least 4 members (excludes halogenated alkanes) is 1. The highest BCUT2D eigenvalue weighted by Gasteiger charge is 1.99. The number of hydrogen-bond acceptors (Lipinski definition) is 3. The van der Waals surface area contributed by atoms with Crippen LogP contribution in [0.2, 0.25) is 0 Å². The van der Waals surface area contributed by atoms with Gasteiger partial charge in [0.1, 0.15) is 11.9 Å². The number of ether oxygens (including phenoxy) is 1. The zero-order valence-corrected chi connectivity index (χ0v) is 8.10. The lowest BCUT2D eigenvalue weighted by Crippen LogP contribution is -2.01. The highest BCUT2D eigenvalue weighted by atomic mass is 35.5. The number of rotatable bonds is 7. The minimum atomic E-state index is -0.393. The zero-order chi connectivity index (χ0) is 9.23. The van der Waals surface area contributed by atoms with E-state index in [1.54, 1.807) is 0 Å². The Morgan fingerprint density at radius 2 is 2.00 bits per heavy atom. The van der Waals surface area contributed by atoms with Gasteiger partial charge in [0.15, 0.2) is 0 Å². The van der Waals surface area contributed by atoms with Gasteiger partial charge in [-0.15, -0.1) is 0 Å². The van der Waals surface area contributed by atoms with Crippen molar-refractivity contribution >= 4 is 17.8 Å². The van der Waals surface area contributed by atoms with Crippen LogP contribution >= 0.6 is 11.9 Å². The lowest BCUT2D eigenvalue weighted by Gasteiger charge is -2.00. The summed E-state index contributed by atoms with van der Waals surface area (Å²) in [5, 5.41) is 0. The molecule has 0 aliphatic heterocycles. The van der Waals surface area contributed by atoms with Crippen molar-refractivity contribution in [1.29, 1.82) is 0 Å². The summed E-state index contributed by atoms with van der Waals surface area (Å²) in [7, 11) is 0. The summed E-state index contributed by atoms with van der Waals surface area (Å²) in [6, 6.07) is 0. The van der Waals surface area contributed by atoms with E-state index in [0.717, 1.165) is 19.4 Å². The molecule has 3 nitrogen and oxygen atoms in total. The maximum Gasteiger partial charge on any atom is 0.324 e. The quantitative estimate of drug-likeness (QED) is 0.584. The molecule has 4 heteroatoms. The molecular weight excluding hydrogens is 180 g/mol. The average molecular weight is 195 g/mol. The van der Waals surface area contributed by atoms with Gasteiger partial charge in [-0.3, -0.25) is 4.79 Å². The van der Waals surface area contributed by atoms with E-state index in [0.29, 0.717) is 19.4 Å². The maximum absolute atomic E-state index is 10.5. The van der Waals surface area contributed by atoms with Gasteiger partial charge in [0.05, 0.1) is 0 Å². The summed E-state index contributed by atoms with van der Waals surface area (Å²) < 4.78 is 9.17. The fraction of sp³-hybridized carbons (Fsp3) is 0.875. The number of halogens is 1. The van der Waals surface area contributed by atoms with Crippen LogP contribution < -0.4 is 0 Å². The zero-order valence-electron chi connectivity index (χ0n) is 7.35. The Hall–Kier alpha value is -0.280. The molecule has 0 radical (unpaired) electrons. The van der Waals surface area contributed by atoms with Crippen LogP contribution in [-0.2, 0) is 13.8 Å². The van der Waals surface area contributed by atoms with Crippen LogP contribution in [0.5, 0.6) is 0 Å². The second-order valence-corrected chi connectivity index (χ2v) is 2.67. The van der Waals surface area contributed by atoms with E-state index >= 15 is 0 Å². The molecule has 0 rings (SSSR count). The smallest absolute Gasteiger partial charge is 0.324 e. The topological polar surface area (TPSA) is 35.5 Å². The molecule has 0 fully saturated rings. The first kappa shape index (κ1) is 11.7. The fourth-order valence-corrected chi connectivity index (χ4v) is 0.783. The highest BCUT2D eigenvalue weighted by Crippen LogP contribution is 1.96. The average Bonchev–Trinajstić information content (AvgIpc) is 2.10. The van der Waals surface area contributed by atoms with Gasteiger partial charge in [-0.1, -0.05) is 13.3 Å². The van der Waals surface area contributed by atoms with Crippen molar-refractivity contribution in [3.05, 3.63) is 0 Å². The molecule has 0 saturated heterocycles. The van der Waals surface area contributed by atoms with Crippen LogP contribution in [-0.4, -0.2) is 19.2 Å². The monoisotopic (exact) mass is 194 g/mol. The molecule has 12 heavy (non-hydrogen) atoms. The van der Waals surface area contributed by atoms with E-state index < -0.39 is 5.97 Å². The molecule has 0 aliphatic carbocycles. The lowest BCUT2D eigenvalue weighted by atomic mass is 10.3. The molecule has 0 spiro atoms. The van der Waals surface area contributed by atoms with Crippen molar-refractivity contribution < 1.29 is 13.8 Å². The third-order valence-electron chi connectivity index (χ3n) is 1.40. The Morgan fingerprint density at radius 3 is 2.58 bits per heavy atom. The fourth-order valence-electron chi connectivity index (χ4n) is 0.706. The first-order chi connectivity index (χ1) is 5.81. The van der Waals surface area contributed by atoms with Crippen LogP contribution in [0.3, 0.4) is 0 Å². The number of hydrogen-bond donors (Lipinski definition) is 0. The van der Waals surface area contributed by atoms with Gasteiger partial charge in [0, 0.05) is 19.6 Å². The Kier molecular flexibility index (Phi) is 8.61. The molecule has 0 aromatic carbocycles. The minimum Gasteiger partial charge on any atom is -0.381 e. The Morgan fingerprint density at radius 1 is 1.33 bits per heavy atom. The molecule has 0 amide bonds. The first-order valence-electron chi connectivity index (χ1n) is 4.20. The van der Waals surface area contributed by atoms with E-state index in [4.69, 9.17) is 16.6 Å². The predicted octanol–water partition coefficient (Wildman–Crippen LogP) is 2.28. The standard InChI is InChI=1S/C8H15ClO3/c1-2-3-6-11-7-4-5-8(10)12-9/h2-7H2,1H3. The van der Waals surface area contributed by atoms with Gasteiger partial charge in [-0.25, -0.2) is 0 Å². The summed E-state index contributed by atoms with van der Waals surface area (Å²) in [6.45, 7) is 3.48. The van der Waals surface area contributed by atoms with Gasteiger partial charge in [0.25, 0.3) is 0 Å². The van der Waals surface area contributed by atoms with Gasteiger partial charge in [-0.2, -0.15) is 0 Å². The summed E-state index contributed by atoms with van der Waals surface area (Å²) >= 11 is 4.82. The molecular formula is C8H15ClO3. The molecule has 0 N–H and O–H groups in total. The van der Waals surface area contributed by atoms with Crippen molar-refractivity contribution in [3.8, 4) is 0 Å². The summed E-state index contributed by atoms with van der Waals surface area (Å²) in [5.74, 6) is -0.393. The second-order valence-electron chi connectivity index (χ2n) is 2.52. The molecule has 0 heterocycles. The minimum absolute atomic E-state index is 0.329. The Bertz CT molecular complexity index is 117. The van der Waals surface area contributed by atoms with Crippen molar-refractivity contribution in [2.45, 2.75) is 32.6 Å². The predicted molar refractivity (Wildman–Crippen MR) is 46.9 cm³/mol. The number of carbonyl (C=O) groups is 1. The summed E-state index contributed by atoms with van der Waals surface area (Å²) in [4.78, 5) is 10.5. The first-order valence-corrected chi connectivity index (χ1v) is 4.51. The maximum atomic E-state index is 10.5. The molecule has 0 bridgehead atoms. The third-order valence-corrected chi connectivity index (χ3v) is 1.57. The third kappa shape index (κ3) is 7.82. The highest BCUT2D eigenvalue weighted by molar-refractivity contribution is 6.13. The van der Waals surface area contributed by atoms with Crippen LogP contribution in [0.25, 0.3) is 0 Å². The number of carbonyl (C=O) groups excluding carboxylic acids is 1. The molecule has 0 saturated carbocycles. The Labute approximate surface area is 78.2 Å². The molecule has 0 aromatic heterocycles. The van der Waals surface area contributed by atoms with Gasteiger partial charge in [0.2, 0.25) is 0 Å². The molecule has 0 aliphatic rings. The normalized spacial score (nSPS) is 9.83. The van der Waals surface area contributed by atoms with E-state index in [9.17, 15) is 4.79 Å². The van der Waals surface area contributed by atoms with E-state index in [1.165, 1.54) is 0 Å². The summed E-state index contributed by atoms with van der Waals surface area (Å²) in [6.07, 6.45) is 3.20. The second kappa shape index (κ2) is 8.81. The van der Waals surface area contributed by atoms with Gasteiger partial charge >= 0.3 is 5.97 Å². The lowest BCUT2D eigenvalue weighted by molar-refractivity contribution is -0.134. The molecule has 0 atom stereocenters. The van der Waals surface area contributed by atoms with Crippen LogP contribution in [0, 0.1) is 0 Å². The van der Waals surface area contributed by atoms with Crippen molar-refractivity contribution in [2.75, 3.05) is 13.2 Å². The van der Waals surface area contributed by atoms with Crippen LogP contribution in [0.15, 0.2) is 0 Å². The SMILES string of the molecule is CCCCOCCCC(=O)OCl. The largest absolute Gasteiger partial charge is 0.381 e. The molecule has 72 valence electrons. The van der Waals surface area contributed by atoms with Crippen LogP contribution in [0.1, 0.15) is 32.6 Å². The van der Waals surface area contributed by atoms with Gasteiger partial charge in [-0.05, 0) is 12.8 Å². The van der Waals surface area contributed by atoms with Crippen molar-refractivity contribution in [2.24, 2.45) is 0 Å². The molecule has 0 aromatic rings. The van der Waals surface area contributed by atoms with E-state index in [2.05, 4.69) is 11.2 Å². The Balaban J connectivity index is 2.95. The van der Waals surface area contributed by atoms with Crippen molar-refractivity contribution in [3.63, 3.8) is 0 Å². The van der Waals surface area contributed by atoms with E-state index in [-0.39, 0.29) is 0 Å².